The van der Waals surface area contributed by atoms with E-state index in [1.165, 1.54) is 27.2 Å². The molecule has 2 heterocycles. The van der Waals surface area contributed by atoms with Crippen LogP contribution in [-0.2, 0) is 27.8 Å². The molecule has 12 nitrogen and oxygen atoms in total. The third-order valence-electron chi connectivity index (χ3n) is 10.3. The van der Waals surface area contributed by atoms with Crippen molar-refractivity contribution in [2.75, 3.05) is 13.1 Å². The Hall–Kier alpha value is -4.59. The highest BCUT2D eigenvalue weighted by Crippen LogP contribution is 2.29. The van der Waals surface area contributed by atoms with Crippen LogP contribution in [0.5, 0.6) is 0 Å². The van der Waals surface area contributed by atoms with Crippen molar-refractivity contribution < 1.29 is 23.5 Å². The van der Waals surface area contributed by atoms with Crippen LogP contribution in [0.1, 0.15) is 74.2 Å². The molecule has 278 valence electrons. The maximum absolute atomic E-state index is 14.3. The van der Waals surface area contributed by atoms with Crippen molar-refractivity contribution in [3.8, 4) is 0 Å². The Morgan fingerprint density at radius 2 is 1.81 bits per heavy atom. The second kappa shape index (κ2) is 17.8. The molecule has 1 aliphatic carbocycles. The fraction of sp³-hybridized carbons (Fsp3) is 0.436. The first-order valence-electron chi connectivity index (χ1n) is 18.0. The fourth-order valence-electron chi connectivity index (χ4n) is 6.94. The number of amides is 1. The lowest BCUT2D eigenvalue weighted by molar-refractivity contribution is -0.127. The second-order valence-corrected chi connectivity index (χ2v) is 15.8. The fourth-order valence-corrected chi connectivity index (χ4v) is 8.47. The average molecular weight is 731 g/mol. The molecule has 5 rings (SSSR count). The van der Waals surface area contributed by atoms with Gasteiger partial charge in [-0.3, -0.25) is 18.9 Å². The van der Waals surface area contributed by atoms with Crippen LogP contribution in [-0.4, -0.2) is 74.5 Å². The molecule has 0 radical (unpaired) electrons. The quantitative estimate of drug-likeness (QED) is 0.0803. The molecule has 0 saturated heterocycles. The number of imidazole rings is 1. The number of oxime groups is 1. The summed E-state index contributed by atoms with van der Waals surface area (Å²) in [5, 5.41) is 26.9. The molecule has 52 heavy (non-hydrogen) atoms. The van der Waals surface area contributed by atoms with Crippen LogP contribution in [0.25, 0.3) is 0 Å². The Labute approximate surface area is 305 Å². The van der Waals surface area contributed by atoms with Gasteiger partial charge in [-0.15, -0.1) is 0 Å². The minimum absolute atomic E-state index is 0.0543. The van der Waals surface area contributed by atoms with Gasteiger partial charge in [0.1, 0.15) is 6.04 Å². The van der Waals surface area contributed by atoms with Crippen molar-refractivity contribution in [2.24, 2.45) is 17.0 Å². The van der Waals surface area contributed by atoms with E-state index in [2.05, 4.69) is 15.5 Å². The van der Waals surface area contributed by atoms with Crippen molar-refractivity contribution in [2.45, 2.75) is 88.9 Å². The van der Waals surface area contributed by atoms with E-state index in [0.717, 1.165) is 42.4 Å². The molecule has 1 saturated carbocycles. The number of pyridine rings is 1. The molecule has 1 fully saturated rings. The molecular weight excluding hydrogens is 681 g/mol. The van der Waals surface area contributed by atoms with Gasteiger partial charge < -0.3 is 15.6 Å². The number of carbonyl (C=O) groups excluding carboxylic acids is 1. The van der Waals surface area contributed by atoms with E-state index in [4.69, 9.17) is 5.21 Å². The zero-order chi connectivity index (χ0) is 37.3. The van der Waals surface area contributed by atoms with Crippen molar-refractivity contribution in [3.63, 3.8) is 0 Å². The molecule has 4 aromatic rings. The topological polar surface area (TPSA) is 159 Å². The number of rotatable bonds is 17. The van der Waals surface area contributed by atoms with Gasteiger partial charge in [-0.05, 0) is 78.5 Å². The van der Waals surface area contributed by atoms with E-state index < -0.39 is 34.1 Å². The normalized spacial score (nSPS) is 16.2. The predicted molar refractivity (Wildman–Crippen MR) is 200 cm³/mol. The van der Waals surface area contributed by atoms with Crippen LogP contribution in [0.3, 0.4) is 0 Å². The average Bonchev–Trinajstić information content (AvgIpc) is 3.79. The summed E-state index contributed by atoms with van der Waals surface area (Å²) in [4.78, 5) is 32.3. The van der Waals surface area contributed by atoms with Crippen LogP contribution in [0.2, 0.25) is 0 Å². The van der Waals surface area contributed by atoms with Crippen molar-refractivity contribution in [3.05, 3.63) is 118 Å². The smallest absolute Gasteiger partial charge is 0.329 e. The summed E-state index contributed by atoms with van der Waals surface area (Å²) in [6.07, 6.45) is 11.3. The SMILES string of the molecule is CC[C@H](C)[C@@H](C(=O)N[C@@H](Cc1ccccc1)[C@H](O)CN(CC1CCCC1)S(=O)(=O)c1ccc(C=NO)cc1)n1ccn(Cc2cnccc2C)c1=O. The van der Waals surface area contributed by atoms with Crippen molar-refractivity contribution in [1.29, 1.82) is 0 Å². The second-order valence-electron chi connectivity index (χ2n) is 13.9. The minimum Gasteiger partial charge on any atom is -0.411 e. The Morgan fingerprint density at radius 1 is 1.10 bits per heavy atom. The van der Waals surface area contributed by atoms with Crippen LogP contribution in [0.15, 0.2) is 100 Å². The number of aliphatic hydroxyl groups excluding tert-OH is 1. The molecule has 13 heteroatoms. The van der Waals surface area contributed by atoms with E-state index in [9.17, 15) is 23.1 Å². The van der Waals surface area contributed by atoms with Crippen LogP contribution in [0.4, 0.5) is 0 Å². The number of nitrogens with zero attached hydrogens (tertiary/aromatic N) is 5. The minimum atomic E-state index is -4.06. The molecule has 2 aromatic heterocycles. The van der Waals surface area contributed by atoms with Crippen molar-refractivity contribution in [1.82, 2.24) is 23.7 Å². The first kappa shape index (κ1) is 38.6. The maximum Gasteiger partial charge on any atom is 0.329 e. The summed E-state index contributed by atoms with van der Waals surface area (Å²) < 4.78 is 32.6. The number of aryl methyl sites for hydroxylation is 1. The molecule has 4 atom stereocenters. The summed E-state index contributed by atoms with van der Waals surface area (Å²) in [6, 6.07) is 15.6. The number of aliphatic hydroxyl groups is 1. The van der Waals surface area contributed by atoms with E-state index in [-0.39, 0.29) is 41.9 Å². The predicted octanol–water partition coefficient (Wildman–Crippen LogP) is 4.77. The largest absolute Gasteiger partial charge is 0.411 e. The summed E-state index contributed by atoms with van der Waals surface area (Å²) in [5.41, 5.74) is 2.94. The van der Waals surface area contributed by atoms with E-state index >= 15 is 0 Å². The highest BCUT2D eigenvalue weighted by molar-refractivity contribution is 7.89. The Morgan fingerprint density at radius 3 is 2.46 bits per heavy atom. The number of hydrogen-bond donors (Lipinski definition) is 3. The van der Waals surface area contributed by atoms with E-state index in [0.29, 0.717) is 18.5 Å². The van der Waals surface area contributed by atoms with Gasteiger partial charge in [-0.2, -0.15) is 4.31 Å². The molecular formula is C39H50N6O6S. The molecule has 2 aromatic carbocycles. The Kier molecular flexibility index (Phi) is 13.2. The molecule has 0 unspecified atom stereocenters. The number of hydrogen-bond acceptors (Lipinski definition) is 8. The molecule has 0 bridgehead atoms. The lowest BCUT2D eigenvalue weighted by atomic mass is 9.96. The number of carbonyl (C=O) groups is 1. The molecule has 0 spiro atoms. The van der Waals surface area contributed by atoms with E-state index in [1.54, 1.807) is 41.5 Å². The third kappa shape index (κ3) is 9.44. The van der Waals surface area contributed by atoms with E-state index in [1.807, 2.05) is 57.2 Å². The highest BCUT2D eigenvalue weighted by Gasteiger charge is 2.35. The van der Waals surface area contributed by atoms with Crippen molar-refractivity contribution >= 4 is 22.1 Å². The van der Waals surface area contributed by atoms with Gasteiger partial charge in [0.15, 0.2) is 0 Å². The van der Waals surface area contributed by atoms with Gasteiger partial charge >= 0.3 is 5.69 Å². The van der Waals surface area contributed by atoms with Gasteiger partial charge in [-0.1, -0.05) is 80.7 Å². The first-order valence-corrected chi connectivity index (χ1v) is 19.4. The number of sulfonamides is 1. The first-order chi connectivity index (χ1) is 25.0. The van der Waals surface area contributed by atoms with Gasteiger partial charge in [0.05, 0.1) is 29.8 Å². The lowest BCUT2D eigenvalue weighted by Crippen LogP contribution is -2.53. The monoisotopic (exact) mass is 730 g/mol. The summed E-state index contributed by atoms with van der Waals surface area (Å²) in [5.74, 6) is -0.523. The number of nitrogens with one attached hydrogen (secondary N) is 1. The van der Waals surface area contributed by atoms with Gasteiger partial charge in [0, 0.05) is 37.9 Å². The third-order valence-corrected chi connectivity index (χ3v) is 12.1. The maximum atomic E-state index is 14.3. The molecule has 1 aliphatic rings. The van der Waals surface area contributed by atoms with Crippen LogP contribution < -0.4 is 11.0 Å². The zero-order valence-corrected chi connectivity index (χ0v) is 30.9. The standard InChI is InChI=1S/C39H50N6O6S/c1-4-28(2)37(45-21-20-43(39(45)48)26-33-24-40-19-18-29(33)3)38(47)42-35(22-30-10-6-5-7-11-30)36(46)27-44(25-32-12-8-9-13-32)52(50,51)34-16-14-31(15-17-34)23-41-49/h5-7,10-11,14-21,23-24,28,32,35-37,46,49H,4,8-9,12-13,22,25-27H2,1-3H3,(H,42,47)/t28-,35-,36+,37-/m0/s1. The van der Waals surface area contributed by atoms with Crippen LogP contribution in [0, 0.1) is 18.8 Å². The molecule has 3 N–H and O–H groups in total. The van der Waals surface area contributed by atoms with Gasteiger partial charge in [0.2, 0.25) is 15.9 Å². The highest BCUT2D eigenvalue weighted by atomic mass is 32.2. The van der Waals surface area contributed by atoms with Crippen LogP contribution >= 0.6 is 0 Å². The zero-order valence-electron chi connectivity index (χ0n) is 30.1. The summed E-state index contributed by atoms with van der Waals surface area (Å²) in [7, 11) is -4.06. The molecule has 0 aliphatic heterocycles. The Bertz CT molecular complexity index is 1950. The Balaban J connectivity index is 1.44. The number of benzene rings is 2. The lowest BCUT2D eigenvalue weighted by Gasteiger charge is -2.32. The van der Waals surface area contributed by atoms with Gasteiger partial charge in [-0.25, -0.2) is 13.2 Å². The summed E-state index contributed by atoms with van der Waals surface area (Å²) in [6.45, 7) is 6.12. The molecule has 1 amide bonds. The summed E-state index contributed by atoms with van der Waals surface area (Å²) >= 11 is 0. The number of aromatic nitrogens is 3. The van der Waals surface area contributed by atoms with Gasteiger partial charge in [0.25, 0.3) is 0 Å².